The zero-order valence-electron chi connectivity index (χ0n) is 33.6. The first-order valence-electron chi connectivity index (χ1n) is 20.4. The quantitative estimate of drug-likeness (QED) is 0.0793. The van der Waals surface area contributed by atoms with E-state index in [1.54, 1.807) is 29.0 Å². The van der Waals surface area contributed by atoms with Crippen LogP contribution in [0.1, 0.15) is 67.1 Å². The van der Waals surface area contributed by atoms with Crippen molar-refractivity contribution in [2.45, 2.75) is 44.2 Å². The predicted molar refractivity (Wildman–Crippen MR) is 241 cm³/mol. The van der Waals surface area contributed by atoms with Gasteiger partial charge in [0.05, 0.1) is 10.0 Å². The highest BCUT2D eigenvalue weighted by molar-refractivity contribution is 6.42. The minimum Gasteiger partial charge on any atom is -0.486 e. The number of benzene rings is 6. The normalized spacial score (nSPS) is 13.4. The molecule has 2 heterocycles. The van der Waals surface area contributed by atoms with Crippen LogP contribution in [0.25, 0.3) is 0 Å². The van der Waals surface area contributed by atoms with E-state index in [0.717, 1.165) is 54.7 Å². The summed E-state index contributed by atoms with van der Waals surface area (Å²) in [4.78, 5) is 38.7. The summed E-state index contributed by atoms with van der Waals surface area (Å²) in [5.74, 6) is -0.813. The Morgan fingerprint density at radius 1 is 0.607 bits per heavy atom. The van der Waals surface area contributed by atoms with Gasteiger partial charge in [-0.05, 0) is 58.4 Å². The van der Waals surface area contributed by atoms with Crippen molar-refractivity contribution in [3.63, 3.8) is 0 Å². The molecule has 1 aliphatic rings. The third-order valence-corrected chi connectivity index (χ3v) is 11.8. The van der Waals surface area contributed by atoms with E-state index in [2.05, 4.69) is 40.0 Å². The molecule has 1 aromatic heterocycles. The lowest BCUT2D eigenvalue weighted by Gasteiger charge is -2.35. The smallest absolute Gasteiger partial charge is 0.280 e. The lowest BCUT2D eigenvalue weighted by atomic mass is 9.80. The van der Waals surface area contributed by atoms with Crippen LogP contribution >= 0.6 is 23.2 Å². The number of nitrogens with one attached hydrogen (secondary N) is 2. The van der Waals surface area contributed by atoms with Crippen molar-refractivity contribution in [1.82, 2.24) is 20.3 Å². The van der Waals surface area contributed by atoms with Crippen LogP contribution in [0, 0.1) is 0 Å². The fourth-order valence-electron chi connectivity index (χ4n) is 7.97. The van der Waals surface area contributed by atoms with Crippen molar-refractivity contribution in [1.29, 1.82) is 0 Å². The Labute approximate surface area is 366 Å². The zero-order valence-corrected chi connectivity index (χ0v) is 35.1. The second-order valence-corrected chi connectivity index (χ2v) is 16.0. The Bertz CT molecular complexity index is 2430. The van der Waals surface area contributed by atoms with Crippen molar-refractivity contribution in [2.24, 2.45) is 0 Å². The molecule has 7 aromatic rings. The van der Waals surface area contributed by atoms with E-state index in [9.17, 15) is 9.59 Å². The lowest BCUT2D eigenvalue weighted by Crippen LogP contribution is -2.44. The lowest BCUT2D eigenvalue weighted by molar-refractivity contribution is -0.0475. The van der Waals surface area contributed by atoms with Crippen LogP contribution in [-0.4, -0.2) is 40.4 Å². The molecular formula is C51H46Cl2N4O4. The summed E-state index contributed by atoms with van der Waals surface area (Å²) in [6.45, 7) is 2.84. The zero-order chi connectivity index (χ0) is 42.0. The van der Waals surface area contributed by atoms with E-state index in [1.807, 2.05) is 127 Å². The van der Waals surface area contributed by atoms with Gasteiger partial charge in [-0.15, -0.1) is 0 Å². The number of aromatic nitrogens is 1. The minimum atomic E-state index is -1.25. The molecule has 1 aliphatic heterocycles. The second kappa shape index (κ2) is 19.5. The maximum atomic E-state index is 14.8. The summed E-state index contributed by atoms with van der Waals surface area (Å²) in [5.41, 5.74) is 7.26. The Morgan fingerprint density at radius 3 is 1.64 bits per heavy atom. The summed E-state index contributed by atoms with van der Waals surface area (Å²) in [5, 5.41) is 4.08. The van der Waals surface area contributed by atoms with Crippen LogP contribution in [0.5, 0.6) is 5.75 Å². The molecule has 308 valence electrons. The van der Waals surface area contributed by atoms with Gasteiger partial charge in [0, 0.05) is 38.4 Å². The second-order valence-electron chi connectivity index (χ2n) is 15.2. The average Bonchev–Trinajstić information content (AvgIpc) is 3.67. The minimum absolute atomic E-state index is 0.00745. The highest BCUT2D eigenvalue weighted by Gasteiger charge is 2.40. The number of piperidine rings is 1. The van der Waals surface area contributed by atoms with Gasteiger partial charge in [0.1, 0.15) is 12.2 Å². The van der Waals surface area contributed by atoms with E-state index in [1.165, 1.54) is 5.56 Å². The number of likely N-dealkylation sites (tertiary alicyclic amines) is 1. The third kappa shape index (κ3) is 9.75. The standard InChI is InChI=1S/C51H46Cl2N4O4/c52-45-27-26-39(32-46(45)53)36-60-48-44(49(58)55-61-51(40-20-10-3-11-21-40,41-22-12-4-13-23-41)42-24-14-5-15-25-42)35-57(34-38-18-8-2-9-19-38)47(48)50(59)54-43-28-30-56(31-29-43)33-37-16-6-1-7-17-37/h1-27,32,35,43H,28-31,33-34,36H2,(H,54,59)(H,55,58). The molecule has 0 bridgehead atoms. The fraction of sp³-hybridized carbons (Fsp3) is 0.176. The SMILES string of the molecule is O=C(NOC(c1ccccc1)(c1ccccc1)c1ccccc1)c1cn(Cc2ccccc2)c(C(=O)NC2CCN(Cc3ccccc3)CC2)c1OCc1ccc(Cl)c(Cl)c1. The van der Waals surface area contributed by atoms with Gasteiger partial charge in [0.2, 0.25) is 0 Å². The number of hydrogen-bond donors (Lipinski definition) is 2. The number of amides is 2. The summed E-state index contributed by atoms with van der Waals surface area (Å²) in [6.07, 6.45) is 3.22. The topological polar surface area (TPSA) is 84.8 Å². The summed E-state index contributed by atoms with van der Waals surface area (Å²) in [7, 11) is 0. The molecule has 1 fully saturated rings. The molecule has 0 unspecified atom stereocenters. The van der Waals surface area contributed by atoms with E-state index < -0.39 is 11.5 Å². The Kier molecular flexibility index (Phi) is 13.3. The average molecular weight is 850 g/mol. The molecule has 0 radical (unpaired) electrons. The number of carbonyl (C=O) groups is 2. The Morgan fingerprint density at radius 2 is 1.11 bits per heavy atom. The Hall–Kier alpha value is -6.16. The maximum absolute atomic E-state index is 14.8. The monoisotopic (exact) mass is 848 g/mol. The molecule has 61 heavy (non-hydrogen) atoms. The van der Waals surface area contributed by atoms with Gasteiger partial charge in [-0.2, -0.15) is 0 Å². The number of carbonyl (C=O) groups excluding carboxylic acids is 2. The molecule has 2 N–H and O–H groups in total. The predicted octanol–water partition coefficient (Wildman–Crippen LogP) is 10.5. The molecule has 8 nitrogen and oxygen atoms in total. The van der Waals surface area contributed by atoms with E-state index in [-0.39, 0.29) is 35.6 Å². The van der Waals surface area contributed by atoms with E-state index >= 15 is 0 Å². The maximum Gasteiger partial charge on any atom is 0.280 e. The van der Waals surface area contributed by atoms with Crippen LogP contribution in [-0.2, 0) is 30.1 Å². The van der Waals surface area contributed by atoms with Gasteiger partial charge in [0.15, 0.2) is 17.0 Å². The molecule has 0 atom stereocenters. The van der Waals surface area contributed by atoms with Crippen molar-refractivity contribution in [3.8, 4) is 5.75 Å². The van der Waals surface area contributed by atoms with E-state index in [4.69, 9.17) is 32.8 Å². The largest absolute Gasteiger partial charge is 0.486 e. The van der Waals surface area contributed by atoms with Crippen molar-refractivity contribution in [2.75, 3.05) is 13.1 Å². The molecular weight excluding hydrogens is 803 g/mol. The third-order valence-electron chi connectivity index (χ3n) is 11.1. The fourth-order valence-corrected chi connectivity index (χ4v) is 8.29. The molecule has 0 saturated carbocycles. The highest BCUT2D eigenvalue weighted by Crippen LogP contribution is 2.40. The van der Waals surface area contributed by atoms with Crippen LogP contribution < -0.4 is 15.5 Å². The first-order valence-corrected chi connectivity index (χ1v) is 21.2. The Balaban J connectivity index is 1.15. The first-order chi connectivity index (χ1) is 29.9. The van der Waals surface area contributed by atoms with Gasteiger partial charge >= 0.3 is 0 Å². The summed E-state index contributed by atoms with van der Waals surface area (Å²) in [6, 6.07) is 54.7. The van der Waals surface area contributed by atoms with E-state index in [0.29, 0.717) is 22.2 Å². The highest BCUT2D eigenvalue weighted by atomic mass is 35.5. The molecule has 0 aliphatic carbocycles. The number of halogens is 2. The number of hydroxylamine groups is 1. The van der Waals surface area contributed by atoms with Crippen LogP contribution in [0.15, 0.2) is 176 Å². The number of rotatable bonds is 15. The van der Waals surface area contributed by atoms with Gasteiger partial charge in [-0.1, -0.05) is 181 Å². The summed E-state index contributed by atoms with van der Waals surface area (Å²) < 4.78 is 8.35. The van der Waals surface area contributed by atoms with Crippen LogP contribution in [0.4, 0.5) is 0 Å². The first kappa shape index (κ1) is 41.6. The molecule has 0 spiro atoms. The summed E-state index contributed by atoms with van der Waals surface area (Å²) >= 11 is 12.7. The van der Waals surface area contributed by atoms with Crippen molar-refractivity contribution in [3.05, 3.63) is 231 Å². The molecule has 1 saturated heterocycles. The number of ether oxygens (including phenoxy) is 1. The molecule has 6 aromatic carbocycles. The van der Waals surface area contributed by atoms with Crippen molar-refractivity contribution >= 4 is 35.0 Å². The van der Waals surface area contributed by atoms with Gasteiger partial charge < -0.3 is 14.6 Å². The molecule has 10 heteroatoms. The number of hydrogen-bond acceptors (Lipinski definition) is 5. The van der Waals surface area contributed by atoms with Crippen molar-refractivity contribution < 1.29 is 19.2 Å². The van der Waals surface area contributed by atoms with Gasteiger partial charge in [-0.25, -0.2) is 5.48 Å². The number of nitrogens with zero attached hydrogens (tertiary/aromatic N) is 2. The van der Waals surface area contributed by atoms with Crippen LogP contribution in [0.2, 0.25) is 10.0 Å². The van der Waals surface area contributed by atoms with Gasteiger partial charge in [-0.3, -0.25) is 19.3 Å². The van der Waals surface area contributed by atoms with Crippen LogP contribution in [0.3, 0.4) is 0 Å². The molecule has 8 rings (SSSR count). The molecule has 2 amide bonds. The van der Waals surface area contributed by atoms with Gasteiger partial charge in [0.25, 0.3) is 11.8 Å².